The minimum Gasteiger partial charge on any atom is -0.388 e. The molecule has 1 unspecified atom stereocenters. The van der Waals surface area contributed by atoms with Gasteiger partial charge in [0.05, 0.1) is 17.8 Å². The molecule has 2 N–H and O–H groups in total. The average molecular weight is 297 g/mol. The molecule has 1 aliphatic carbocycles. The van der Waals surface area contributed by atoms with Crippen LogP contribution in [0.25, 0.3) is 10.9 Å². The molecule has 1 aliphatic rings. The van der Waals surface area contributed by atoms with Gasteiger partial charge in [-0.15, -0.1) is 0 Å². The largest absolute Gasteiger partial charge is 0.388 e. The minimum atomic E-state index is -1.09. The zero-order valence-electron chi connectivity index (χ0n) is 11.4. The Hall–Kier alpha value is -1.13. The molecule has 3 rings (SSSR count). The van der Waals surface area contributed by atoms with Gasteiger partial charge in [-0.1, -0.05) is 11.6 Å². The molecule has 0 radical (unpaired) electrons. The number of H-pyrrole nitrogens is 1. The summed E-state index contributed by atoms with van der Waals surface area (Å²) in [6.45, 7) is 1.64. The molecule has 3 nitrogen and oxygen atoms in total. The maximum absolute atomic E-state index is 13.9. The molecule has 108 valence electrons. The lowest BCUT2D eigenvalue weighted by Gasteiger charge is -2.33. The summed E-state index contributed by atoms with van der Waals surface area (Å²) in [7, 11) is 0. The van der Waals surface area contributed by atoms with E-state index in [1.165, 1.54) is 0 Å². The van der Waals surface area contributed by atoms with Crippen molar-refractivity contribution in [1.29, 1.82) is 0 Å². The first-order valence-corrected chi connectivity index (χ1v) is 7.33. The number of aromatic nitrogens is 2. The van der Waals surface area contributed by atoms with Crippen LogP contribution >= 0.6 is 11.6 Å². The van der Waals surface area contributed by atoms with Gasteiger partial charge in [0.2, 0.25) is 0 Å². The van der Waals surface area contributed by atoms with E-state index in [1.807, 2.05) is 6.07 Å². The molecule has 2 aromatic rings. The molecule has 1 aromatic carbocycles. The number of hydrogen-bond donors (Lipinski definition) is 2. The fourth-order valence-electron chi connectivity index (χ4n) is 3.09. The van der Waals surface area contributed by atoms with Gasteiger partial charge < -0.3 is 5.11 Å². The third-order valence-corrected chi connectivity index (χ3v) is 4.60. The number of benzene rings is 1. The summed E-state index contributed by atoms with van der Waals surface area (Å²) in [5, 5.41) is 19.0. The lowest BCUT2D eigenvalue weighted by Crippen LogP contribution is -2.28. The number of nitrogens with one attached hydrogen (secondary N) is 1. The Morgan fingerprint density at radius 1 is 1.45 bits per heavy atom. The second kappa shape index (κ2) is 5.01. The molecule has 20 heavy (non-hydrogen) atoms. The van der Waals surface area contributed by atoms with E-state index < -0.39 is 11.8 Å². The number of hydrogen-bond acceptors (Lipinski definition) is 2. The molecule has 1 heterocycles. The third kappa shape index (κ3) is 2.54. The summed E-state index contributed by atoms with van der Waals surface area (Å²) in [5.74, 6) is 0.0730. The van der Waals surface area contributed by atoms with E-state index in [1.54, 1.807) is 19.2 Å². The van der Waals surface area contributed by atoms with Crippen molar-refractivity contribution in [3.05, 3.63) is 28.9 Å². The SMILES string of the molecule is CC1(F)CCC(C(O)c2cc(Cl)cc3cn[nH]c23)CC1. The van der Waals surface area contributed by atoms with Crippen LogP contribution in [0.1, 0.15) is 44.3 Å². The second-order valence-electron chi connectivity index (χ2n) is 6.02. The molecule has 1 aromatic heterocycles. The molecule has 5 heteroatoms. The molecule has 0 saturated heterocycles. The van der Waals surface area contributed by atoms with E-state index in [2.05, 4.69) is 10.2 Å². The molecular weight excluding hydrogens is 279 g/mol. The summed E-state index contributed by atoms with van der Waals surface area (Å²) in [5.41, 5.74) is 0.487. The normalized spacial score (nSPS) is 28.7. The van der Waals surface area contributed by atoms with E-state index in [0.717, 1.165) is 16.5 Å². The van der Waals surface area contributed by atoms with Gasteiger partial charge in [-0.3, -0.25) is 5.10 Å². The highest BCUT2D eigenvalue weighted by Gasteiger charge is 2.34. The number of alkyl halides is 1. The van der Waals surface area contributed by atoms with Crippen molar-refractivity contribution in [2.45, 2.75) is 44.4 Å². The number of rotatable bonds is 2. The molecule has 1 atom stereocenters. The zero-order valence-corrected chi connectivity index (χ0v) is 12.1. The highest BCUT2D eigenvalue weighted by Crippen LogP contribution is 2.41. The van der Waals surface area contributed by atoms with Crippen molar-refractivity contribution in [2.24, 2.45) is 5.92 Å². The lowest BCUT2D eigenvalue weighted by atomic mass is 9.77. The molecule has 0 amide bonds. The van der Waals surface area contributed by atoms with Gasteiger partial charge in [-0.05, 0) is 50.7 Å². The molecule has 0 bridgehead atoms. The molecule has 1 saturated carbocycles. The fraction of sp³-hybridized carbons (Fsp3) is 0.533. The van der Waals surface area contributed by atoms with Crippen molar-refractivity contribution in [2.75, 3.05) is 0 Å². The first-order valence-electron chi connectivity index (χ1n) is 6.96. The van der Waals surface area contributed by atoms with Crippen LogP contribution in [0.3, 0.4) is 0 Å². The van der Waals surface area contributed by atoms with Gasteiger partial charge in [0.15, 0.2) is 0 Å². The number of aromatic amines is 1. The Kier molecular flexibility index (Phi) is 3.46. The van der Waals surface area contributed by atoms with Crippen LogP contribution in [0, 0.1) is 5.92 Å². The molecular formula is C15H18ClFN2O. The average Bonchev–Trinajstić information content (AvgIpc) is 2.85. The Morgan fingerprint density at radius 2 is 2.15 bits per heavy atom. The maximum atomic E-state index is 13.9. The summed E-state index contributed by atoms with van der Waals surface area (Å²) >= 11 is 6.10. The maximum Gasteiger partial charge on any atom is 0.108 e. The smallest absolute Gasteiger partial charge is 0.108 e. The Morgan fingerprint density at radius 3 is 2.85 bits per heavy atom. The van der Waals surface area contributed by atoms with Crippen molar-refractivity contribution < 1.29 is 9.50 Å². The van der Waals surface area contributed by atoms with Crippen molar-refractivity contribution in [3.63, 3.8) is 0 Å². The topological polar surface area (TPSA) is 48.9 Å². The van der Waals surface area contributed by atoms with Crippen LogP contribution in [0.4, 0.5) is 4.39 Å². The second-order valence-corrected chi connectivity index (χ2v) is 6.46. The van der Waals surface area contributed by atoms with Crippen LogP contribution < -0.4 is 0 Å². The van der Waals surface area contributed by atoms with Crippen LogP contribution in [0.5, 0.6) is 0 Å². The quantitative estimate of drug-likeness (QED) is 0.874. The van der Waals surface area contributed by atoms with E-state index in [9.17, 15) is 9.50 Å². The first-order chi connectivity index (χ1) is 9.46. The van der Waals surface area contributed by atoms with Crippen molar-refractivity contribution in [3.8, 4) is 0 Å². The Bertz CT molecular complexity index is 615. The minimum absolute atomic E-state index is 0.0730. The van der Waals surface area contributed by atoms with Gasteiger partial charge in [-0.25, -0.2) is 4.39 Å². The Balaban J connectivity index is 1.89. The third-order valence-electron chi connectivity index (χ3n) is 4.38. The number of fused-ring (bicyclic) bond motifs is 1. The predicted molar refractivity (Wildman–Crippen MR) is 77.5 cm³/mol. The van der Waals surface area contributed by atoms with Crippen molar-refractivity contribution in [1.82, 2.24) is 10.2 Å². The standard InChI is InChI=1S/C15H18ClFN2O/c1-15(17)4-2-9(3-5-15)14(20)12-7-11(16)6-10-8-18-19-13(10)12/h6-9,14,20H,2-5H2,1H3,(H,18,19). The highest BCUT2D eigenvalue weighted by atomic mass is 35.5. The van der Waals surface area contributed by atoms with Crippen molar-refractivity contribution >= 4 is 22.5 Å². The number of halogens is 2. The predicted octanol–water partition coefficient (Wildman–Crippen LogP) is 4.17. The van der Waals surface area contributed by atoms with E-state index >= 15 is 0 Å². The molecule has 0 aliphatic heterocycles. The van der Waals surface area contributed by atoms with E-state index in [4.69, 9.17) is 11.6 Å². The summed E-state index contributed by atoms with van der Waals surface area (Å²) in [6, 6.07) is 3.59. The summed E-state index contributed by atoms with van der Waals surface area (Å²) in [6.07, 6.45) is 3.44. The monoisotopic (exact) mass is 296 g/mol. The van der Waals surface area contributed by atoms with Crippen LogP contribution in [0.2, 0.25) is 5.02 Å². The van der Waals surface area contributed by atoms with Gasteiger partial charge in [-0.2, -0.15) is 5.10 Å². The van der Waals surface area contributed by atoms with Crippen LogP contribution in [0.15, 0.2) is 18.3 Å². The number of aliphatic hydroxyl groups is 1. The first kappa shape index (κ1) is 13.8. The van der Waals surface area contributed by atoms with Gasteiger partial charge in [0, 0.05) is 16.0 Å². The van der Waals surface area contributed by atoms with Crippen LogP contribution in [-0.4, -0.2) is 21.0 Å². The lowest BCUT2D eigenvalue weighted by molar-refractivity contribution is 0.0345. The van der Waals surface area contributed by atoms with Crippen LogP contribution in [-0.2, 0) is 0 Å². The molecule has 0 spiro atoms. The van der Waals surface area contributed by atoms with E-state index in [0.29, 0.717) is 30.7 Å². The molecule has 1 fully saturated rings. The van der Waals surface area contributed by atoms with Gasteiger partial charge in [0.25, 0.3) is 0 Å². The van der Waals surface area contributed by atoms with Gasteiger partial charge >= 0.3 is 0 Å². The van der Waals surface area contributed by atoms with Gasteiger partial charge in [0.1, 0.15) is 5.67 Å². The highest BCUT2D eigenvalue weighted by molar-refractivity contribution is 6.31. The number of aliphatic hydroxyl groups excluding tert-OH is 1. The summed E-state index contributed by atoms with van der Waals surface area (Å²) in [4.78, 5) is 0. The fourth-order valence-corrected chi connectivity index (χ4v) is 3.33. The number of nitrogens with zero attached hydrogens (tertiary/aromatic N) is 1. The van der Waals surface area contributed by atoms with E-state index in [-0.39, 0.29) is 5.92 Å². The summed E-state index contributed by atoms with van der Waals surface area (Å²) < 4.78 is 13.9. The Labute approximate surface area is 122 Å². The zero-order chi connectivity index (χ0) is 14.3.